The first-order valence-corrected chi connectivity index (χ1v) is 8.42. The van der Waals surface area contributed by atoms with Crippen molar-refractivity contribution in [2.24, 2.45) is 0 Å². The Morgan fingerprint density at radius 2 is 1.57 bits per heavy atom. The van der Waals surface area contributed by atoms with Crippen LogP contribution in [0, 0.1) is 20.2 Å². The van der Waals surface area contributed by atoms with Crippen molar-refractivity contribution in [2.75, 3.05) is 19.5 Å². The molecule has 0 saturated carbocycles. The molecule has 11 nitrogen and oxygen atoms in total. The van der Waals surface area contributed by atoms with E-state index >= 15 is 0 Å². The van der Waals surface area contributed by atoms with E-state index in [0.29, 0.717) is 21.7 Å². The number of fused-ring (bicyclic) bond motifs is 1. The zero-order chi connectivity index (χ0) is 20.4. The minimum atomic E-state index is -0.806. The summed E-state index contributed by atoms with van der Waals surface area (Å²) in [7, 11) is 2.97. The second-order valence-electron chi connectivity index (χ2n) is 5.40. The molecule has 1 aromatic heterocycles. The van der Waals surface area contributed by atoms with Gasteiger partial charge in [0.25, 0.3) is 17.3 Å². The monoisotopic (exact) mass is 404 g/mol. The summed E-state index contributed by atoms with van der Waals surface area (Å²) in [6, 6.07) is 6.04. The van der Waals surface area contributed by atoms with Crippen molar-refractivity contribution in [3.05, 3.63) is 56.1 Å². The maximum absolute atomic E-state index is 12.4. The van der Waals surface area contributed by atoms with Gasteiger partial charge in [0.2, 0.25) is 0 Å². The fourth-order valence-electron chi connectivity index (χ4n) is 2.41. The Kier molecular flexibility index (Phi) is 5.04. The Labute approximate surface area is 160 Å². The third kappa shape index (κ3) is 3.66. The SMILES string of the molecule is COc1cc2nc(NC(=O)c3cc([N+](=O)[O-])cc([N+](=O)[O-])c3)sc2cc1OC. The predicted molar refractivity (Wildman–Crippen MR) is 100 cm³/mol. The molecule has 0 bridgehead atoms. The highest BCUT2D eigenvalue weighted by Gasteiger charge is 2.21. The van der Waals surface area contributed by atoms with E-state index in [1.54, 1.807) is 12.1 Å². The van der Waals surface area contributed by atoms with Gasteiger partial charge >= 0.3 is 0 Å². The van der Waals surface area contributed by atoms with Gasteiger partial charge in [0.05, 0.1) is 45.9 Å². The standard InChI is InChI=1S/C16H12N4O7S/c1-26-12-6-11-14(7-13(12)27-2)28-16(17-11)18-15(21)8-3-9(19(22)23)5-10(4-8)20(24)25/h3-7H,1-2H3,(H,17,18,21). The molecule has 0 fully saturated rings. The molecular formula is C16H12N4O7S. The molecular weight excluding hydrogens is 392 g/mol. The molecule has 0 saturated heterocycles. The summed E-state index contributed by atoms with van der Waals surface area (Å²) in [6.45, 7) is 0. The molecule has 1 amide bonds. The Hall–Kier alpha value is -3.80. The van der Waals surface area contributed by atoms with Gasteiger partial charge in [0, 0.05) is 24.3 Å². The van der Waals surface area contributed by atoms with E-state index in [9.17, 15) is 25.0 Å². The van der Waals surface area contributed by atoms with E-state index in [1.807, 2.05) is 0 Å². The van der Waals surface area contributed by atoms with Crippen molar-refractivity contribution in [2.45, 2.75) is 0 Å². The van der Waals surface area contributed by atoms with Gasteiger partial charge in [-0.05, 0) is 0 Å². The topological polar surface area (TPSA) is 147 Å². The number of ether oxygens (including phenoxy) is 2. The molecule has 0 radical (unpaired) electrons. The quantitative estimate of drug-likeness (QED) is 0.486. The molecule has 144 valence electrons. The number of thiazole rings is 1. The average Bonchev–Trinajstić information content (AvgIpc) is 3.07. The number of anilines is 1. The van der Waals surface area contributed by atoms with Gasteiger partial charge in [-0.3, -0.25) is 30.3 Å². The van der Waals surface area contributed by atoms with Gasteiger partial charge in [-0.1, -0.05) is 11.3 Å². The number of amides is 1. The van der Waals surface area contributed by atoms with Crippen LogP contribution in [0.1, 0.15) is 10.4 Å². The second-order valence-corrected chi connectivity index (χ2v) is 6.43. The largest absolute Gasteiger partial charge is 0.493 e. The van der Waals surface area contributed by atoms with Crippen molar-refractivity contribution >= 4 is 44.0 Å². The van der Waals surface area contributed by atoms with Gasteiger partial charge in [-0.2, -0.15) is 0 Å². The first-order valence-electron chi connectivity index (χ1n) is 7.60. The third-order valence-corrected chi connectivity index (χ3v) is 4.63. The number of non-ortho nitro benzene ring substituents is 2. The van der Waals surface area contributed by atoms with E-state index in [-0.39, 0.29) is 10.7 Å². The first kappa shape index (κ1) is 19.0. The molecule has 0 aliphatic carbocycles. The van der Waals surface area contributed by atoms with Gasteiger partial charge in [-0.15, -0.1) is 0 Å². The lowest BCUT2D eigenvalue weighted by Gasteiger charge is -2.05. The number of nitro groups is 2. The molecule has 0 spiro atoms. The van der Waals surface area contributed by atoms with Crippen molar-refractivity contribution in [1.29, 1.82) is 0 Å². The summed E-state index contributed by atoms with van der Waals surface area (Å²) in [5, 5.41) is 24.6. The highest BCUT2D eigenvalue weighted by atomic mass is 32.1. The second kappa shape index (κ2) is 7.44. The van der Waals surface area contributed by atoms with Crippen LogP contribution >= 0.6 is 11.3 Å². The molecule has 28 heavy (non-hydrogen) atoms. The smallest absolute Gasteiger partial charge is 0.277 e. The Morgan fingerprint density at radius 1 is 1.00 bits per heavy atom. The normalized spacial score (nSPS) is 10.5. The van der Waals surface area contributed by atoms with Crippen LogP contribution in [0.3, 0.4) is 0 Å². The fraction of sp³-hybridized carbons (Fsp3) is 0.125. The van der Waals surface area contributed by atoms with Crippen LogP contribution in [-0.4, -0.2) is 35.0 Å². The summed E-state index contributed by atoms with van der Waals surface area (Å²) in [4.78, 5) is 37.0. The predicted octanol–water partition coefficient (Wildman–Crippen LogP) is 3.38. The number of methoxy groups -OCH3 is 2. The molecule has 3 rings (SSSR count). The maximum Gasteiger partial charge on any atom is 0.277 e. The average molecular weight is 404 g/mol. The third-order valence-electron chi connectivity index (χ3n) is 3.70. The molecule has 12 heteroatoms. The Morgan fingerprint density at radius 3 is 2.11 bits per heavy atom. The van der Waals surface area contributed by atoms with E-state index in [4.69, 9.17) is 9.47 Å². The number of carbonyl (C=O) groups is 1. The molecule has 0 atom stereocenters. The lowest BCUT2D eigenvalue weighted by molar-refractivity contribution is -0.394. The van der Waals surface area contributed by atoms with E-state index in [2.05, 4.69) is 10.3 Å². The molecule has 3 aromatic rings. The summed E-state index contributed by atoms with van der Waals surface area (Å²) < 4.78 is 11.1. The first-order chi connectivity index (χ1) is 13.3. The van der Waals surface area contributed by atoms with Crippen LogP contribution in [0.4, 0.5) is 16.5 Å². The summed E-state index contributed by atoms with van der Waals surface area (Å²) in [5.74, 6) is 0.197. The number of benzene rings is 2. The number of nitro benzene ring substituents is 2. The van der Waals surface area contributed by atoms with Crippen molar-refractivity contribution in [1.82, 2.24) is 4.98 Å². The molecule has 1 heterocycles. The Bertz CT molecular complexity index is 1040. The van der Waals surface area contributed by atoms with Gasteiger partial charge in [0.15, 0.2) is 16.6 Å². The molecule has 2 aromatic carbocycles. The fourth-order valence-corrected chi connectivity index (χ4v) is 3.29. The number of hydrogen-bond donors (Lipinski definition) is 1. The van der Waals surface area contributed by atoms with Crippen LogP contribution in [-0.2, 0) is 0 Å². The lowest BCUT2D eigenvalue weighted by Crippen LogP contribution is -2.12. The van der Waals surface area contributed by atoms with Crippen LogP contribution in [0.2, 0.25) is 0 Å². The lowest BCUT2D eigenvalue weighted by atomic mass is 10.1. The van der Waals surface area contributed by atoms with E-state index in [1.165, 1.54) is 14.2 Å². The minimum Gasteiger partial charge on any atom is -0.493 e. The Balaban J connectivity index is 1.94. The maximum atomic E-state index is 12.4. The highest BCUT2D eigenvalue weighted by molar-refractivity contribution is 7.22. The molecule has 0 aliphatic heterocycles. The molecule has 1 N–H and O–H groups in total. The van der Waals surface area contributed by atoms with Crippen LogP contribution < -0.4 is 14.8 Å². The summed E-state index contributed by atoms with van der Waals surface area (Å²) in [5.41, 5.74) is -0.797. The van der Waals surface area contributed by atoms with Crippen molar-refractivity contribution in [3.63, 3.8) is 0 Å². The van der Waals surface area contributed by atoms with E-state index in [0.717, 1.165) is 29.5 Å². The molecule has 0 unspecified atom stereocenters. The minimum absolute atomic E-state index is 0.212. The van der Waals surface area contributed by atoms with Crippen LogP contribution in [0.5, 0.6) is 11.5 Å². The highest BCUT2D eigenvalue weighted by Crippen LogP contribution is 2.36. The van der Waals surface area contributed by atoms with Gasteiger partial charge in [-0.25, -0.2) is 4.98 Å². The number of carbonyl (C=O) groups excluding carboxylic acids is 1. The molecule has 0 aliphatic rings. The number of nitrogens with one attached hydrogen (secondary N) is 1. The number of hydrogen-bond acceptors (Lipinski definition) is 9. The number of aromatic nitrogens is 1. The van der Waals surface area contributed by atoms with Crippen molar-refractivity contribution in [3.8, 4) is 11.5 Å². The van der Waals surface area contributed by atoms with Crippen molar-refractivity contribution < 1.29 is 24.1 Å². The van der Waals surface area contributed by atoms with Crippen LogP contribution in [0.15, 0.2) is 30.3 Å². The van der Waals surface area contributed by atoms with E-state index < -0.39 is 27.1 Å². The summed E-state index contributed by atoms with van der Waals surface area (Å²) >= 11 is 1.14. The van der Waals surface area contributed by atoms with Gasteiger partial charge in [0.1, 0.15) is 0 Å². The number of nitrogens with zero attached hydrogens (tertiary/aromatic N) is 3. The summed E-state index contributed by atoms with van der Waals surface area (Å²) in [6.07, 6.45) is 0. The zero-order valence-electron chi connectivity index (χ0n) is 14.5. The number of rotatable bonds is 6. The van der Waals surface area contributed by atoms with Gasteiger partial charge < -0.3 is 9.47 Å². The van der Waals surface area contributed by atoms with Crippen LogP contribution in [0.25, 0.3) is 10.2 Å². The zero-order valence-corrected chi connectivity index (χ0v) is 15.3.